The lowest BCUT2D eigenvalue weighted by atomic mass is 10.1. The molecule has 12 heteroatoms. The normalized spacial score (nSPS) is 14.6. The minimum atomic E-state index is -4.06. The third-order valence-electron chi connectivity index (χ3n) is 6.35. The first-order chi connectivity index (χ1) is 20.2. The van der Waals surface area contributed by atoms with Crippen molar-refractivity contribution in [1.29, 1.82) is 0 Å². The van der Waals surface area contributed by atoms with Crippen molar-refractivity contribution in [1.82, 2.24) is 4.72 Å². The molecule has 3 N–H and O–H groups in total. The predicted octanol–water partition coefficient (Wildman–Crippen LogP) is 5.61. The number of carbonyl (C=O) groups is 1. The molecule has 0 radical (unpaired) electrons. The molecule has 8 nitrogen and oxygen atoms in total. The molecule has 0 saturated carbocycles. The Bertz CT molecular complexity index is 1690. The zero-order valence-corrected chi connectivity index (χ0v) is 22.8. The third kappa shape index (κ3) is 7.14. The fourth-order valence-electron chi connectivity index (χ4n) is 4.24. The van der Waals surface area contributed by atoms with Gasteiger partial charge in [0, 0.05) is 23.5 Å². The van der Waals surface area contributed by atoms with E-state index in [9.17, 15) is 26.4 Å². The van der Waals surface area contributed by atoms with Crippen molar-refractivity contribution >= 4 is 33.3 Å². The Labute approximate surface area is 240 Å². The van der Waals surface area contributed by atoms with Gasteiger partial charge >= 0.3 is 6.03 Å². The van der Waals surface area contributed by atoms with Gasteiger partial charge in [-0.25, -0.2) is 36.1 Å². The number of nitrogens with one attached hydrogen (secondary N) is 3. The van der Waals surface area contributed by atoms with Crippen LogP contribution in [0.4, 0.5) is 29.3 Å². The Balaban J connectivity index is 1.13. The van der Waals surface area contributed by atoms with Gasteiger partial charge in [0.05, 0.1) is 10.9 Å². The summed E-state index contributed by atoms with van der Waals surface area (Å²) >= 11 is 0. The van der Waals surface area contributed by atoms with Crippen LogP contribution in [-0.4, -0.2) is 33.0 Å². The van der Waals surface area contributed by atoms with Crippen molar-refractivity contribution in [2.45, 2.75) is 23.9 Å². The first-order valence-corrected chi connectivity index (χ1v) is 14.3. The molecule has 0 bridgehead atoms. The quantitative estimate of drug-likeness (QED) is 0.219. The fourth-order valence-corrected chi connectivity index (χ4v) is 5.26. The molecule has 42 heavy (non-hydrogen) atoms. The van der Waals surface area contributed by atoms with Gasteiger partial charge < -0.3 is 15.4 Å². The minimum Gasteiger partial charge on any atom is -0.475 e. The van der Waals surface area contributed by atoms with E-state index in [1.807, 2.05) is 18.2 Å². The number of benzene rings is 4. The van der Waals surface area contributed by atoms with Crippen molar-refractivity contribution in [2.24, 2.45) is 4.99 Å². The van der Waals surface area contributed by atoms with Crippen molar-refractivity contribution < 1.29 is 31.1 Å². The van der Waals surface area contributed by atoms with Gasteiger partial charge in [0.15, 0.2) is 17.5 Å². The molecule has 0 aliphatic carbocycles. The zero-order valence-electron chi connectivity index (χ0n) is 22.0. The van der Waals surface area contributed by atoms with Gasteiger partial charge in [-0.05, 0) is 78.2 Å². The van der Waals surface area contributed by atoms with Crippen LogP contribution in [0.2, 0.25) is 0 Å². The number of anilines is 2. The Hall–Kier alpha value is -4.68. The van der Waals surface area contributed by atoms with Crippen LogP contribution in [0.15, 0.2) is 101 Å². The number of aliphatic imine (C=N–C) groups is 1. The molecule has 0 aromatic heterocycles. The number of sulfonamides is 1. The second kappa shape index (κ2) is 12.5. The van der Waals surface area contributed by atoms with Crippen molar-refractivity contribution in [3.8, 4) is 0 Å². The van der Waals surface area contributed by atoms with Crippen LogP contribution in [0, 0.1) is 17.5 Å². The van der Waals surface area contributed by atoms with E-state index in [1.165, 1.54) is 29.8 Å². The third-order valence-corrected chi connectivity index (χ3v) is 7.77. The van der Waals surface area contributed by atoms with Gasteiger partial charge in [-0.1, -0.05) is 30.3 Å². The van der Waals surface area contributed by atoms with E-state index in [1.54, 1.807) is 24.3 Å². The number of rotatable bonds is 9. The maximum atomic E-state index is 13.4. The number of urea groups is 1. The zero-order chi connectivity index (χ0) is 29.7. The molecule has 216 valence electrons. The monoisotopic (exact) mass is 594 g/mol. The Morgan fingerprint density at radius 3 is 2.05 bits per heavy atom. The van der Waals surface area contributed by atoms with E-state index >= 15 is 0 Å². The highest BCUT2D eigenvalue weighted by Gasteiger charge is 2.21. The van der Waals surface area contributed by atoms with Gasteiger partial charge in [-0.3, -0.25) is 0 Å². The smallest absolute Gasteiger partial charge is 0.323 e. The molecule has 1 aliphatic rings. The molecular weight excluding hydrogens is 569 g/mol. The van der Waals surface area contributed by atoms with E-state index in [2.05, 4.69) is 32.5 Å². The fraction of sp³-hybridized carbons (Fsp3) is 0.133. The number of amides is 2. The maximum absolute atomic E-state index is 13.4. The highest BCUT2D eigenvalue weighted by molar-refractivity contribution is 7.89. The Morgan fingerprint density at radius 1 is 0.833 bits per heavy atom. The standard InChI is InChI=1S/C30H25F3N4O4S/c31-26-15-20(16-27(32)28(26)33)17-34-42(39,40)25-12-10-23(11-13-25)37-30(38)36-22-8-6-21(7-9-22)29-35-24(18-41-29)14-19-4-2-1-3-5-19/h1-13,15-16,24,34H,14,17-18H2,(H2,36,37,38). The largest absolute Gasteiger partial charge is 0.475 e. The van der Waals surface area contributed by atoms with Gasteiger partial charge in [-0.2, -0.15) is 0 Å². The van der Waals surface area contributed by atoms with Crippen LogP contribution in [0.5, 0.6) is 0 Å². The topological polar surface area (TPSA) is 109 Å². The summed E-state index contributed by atoms with van der Waals surface area (Å²) in [5.74, 6) is -3.92. The number of hydrogen-bond donors (Lipinski definition) is 3. The van der Waals surface area contributed by atoms with Gasteiger partial charge in [0.2, 0.25) is 15.9 Å². The van der Waals surface area contributed by atoms with Crippen LogP contribution in [0.1, 0.15) is 16.7 Å². The van der Waals surface area contributed by atoms with Crippen LogP contribution in [0.3, 0.4) is 0 Å². The highest BCUT2D eigenvalue weighted by atomic mass is 32.2. The summed E-state index contributed by atoms with van der Waals surface area (Å²) in [5.41, 5.74) is 2.73. The SMILES string of the molecule is O=C(Nc1ccc(C2=NC(Cc3ccccc3)CO2)cc1)Nc1ccc(S(=O)(=O)NCc2cc(F)c(F)c(F)c2)cc1. The molecule has 0 spiro atoms. The number of ether oxygens (including phenoxy) is 1. The summed E-state index contributed by atoms with van der Waals surface area (Å²) in [4.78, 5) is 17.0. The first-order valence-electron chi connectivity index (χ1n) is 12.8. The summed E-state index contributed by atoms with van der Waals surface area (Å²) in [6.07, 6.45) is 0.784. The lowest BCUT2D eigenvalue weighted by Crippen LogP contribution is -2.23. The Morgan fingerprint density at radius 2 is 1.43 bits per heavy atom. The highest BCUT2D eigenvalue weighted by Crippen LogP contribution is 2.20. The van der Waals surface area contributed by atoms with Crippen LogP contribution < -0.4 is 15.4 Å². The summed E-state index contributed by atoms with van der Waals surface area (Å²) in [6, 6.07) is 23.3. The summed E-state index contributed by atoms with van der Waals surface area (Å²) in [7, 11) is -4.06. The molecule has 0 saturated heterocycles. The summed E-state index contributed by atoms with van der Waals surface area (Å²) in [5, 5.41) is 5.31. The lowest BCUT2D eigenvalue weighted by molar-refractivity contribution is 0.262. The van der Waals surface area contributed by atoms with Gasteiger partial charge in [-0.15, -0.1) is 0 Å². The predicted molar refractivity (Wildman–Crippen MR) is 152 cm³/mol. The molecule has 5 rings (SSSR count). The maximum Gasteiger partial charge on any atom is 0.323 e. The van der Waals surface area contributed by atoms with E-state index in [0.717, 1.165) is 12.0 Å². The second-order valence-electron chi connectivity index (χ2n) is 9.47. The minimum absolute atomic E-state index is 0.0343. The molecule has 4 aromatic carbocycles. The molecular formula is C30H25F3N4O4S. The number of carbonyl (C=O) groups excluding carboxylic acids is 1. The van der Waals surface area contributed by atoms with Crippen LogP contribution in [0.25, 0.3) is 0 Å². The van der Waals surface area contributed by atoms with Crippen molar-refractivity contribution in [3.63, 3.8) is 0 Å². The molecule has 1 aliphatic heterocycles. The lowest BCUT2D eigenvalue weighted by Gasteiger charge is -2.10. The number of hydrogen-bond acceptors (Lipinski definition) is 5. The summed E-state index contributed by atoms with van der Waals surface area (Å²) in [6.45, 7) is 0.0440. The van der Waals surface area contributed by atoms with E-state index < -0.39 is 40.1 Å². The number of nitrogens with zero attached hydrogens (tertiary/aromatic N) is 1. The first kappa shape index (κ1) is 28.8. The van der Waals surface area contributed by atoms with Crippen molar-refractivity contribution in [2.75, 3.05) is 17.2 Å². The second-order valence-corrected chi connectivity index (χ2v) is 11.2. The number of halogens is 3. The van der Waals surface area contributed by atoms with Gasteiger partial charge in [0.25, 0.3) is 0 Å². The van der Waals surface area contributed by atoms with Crippen LogP contribution in [-0.2, 0) is 27.7 Å². The average Bonchev–Trinajstić information content (AvgIpc) is 3.44. The van der Waals surface area contributed by atoms with E-state index in [4.69, 9.17) is 4.74 Å². The van der Waals surface area contributed by atoms with E-state index in [0.29, 0.717) is 36.0 Å². The Kier molecular flexibility index (Phi) is 8.55. The van der Waals surface area contributed by atoms with Crippen LogP contribution >= 0.6 is 0 Å². The molecule has 1 unspecified atom stereocenters. The molecule has 0 fully saturated rings. The molecule has 1 atom stereocenters. The molecule has 1 heterocycles. The van der Waals surface area contributed by atoms with Gasteiger partial charge in [0.1, 0.15) is 6.61 Å². The molecule has 2 amide bonds. The van der Waals surface area contributed by atoms with Crippen molar-refractivity contribution in [3.05, 3.63) is 125 Å². The molecule has 4 aromatic rings. The summed E-state index contributed by atoms with van der Waals surface area (Å²) < 4.78 is 72.9. The van der Waals surface area contributed by atoms with E-state index in [-0.39, 0.29) is 16.5 Å². The average molecular weight is 595 g/mol.